The fourth-order valence-electron chi connectivity index (χ4n) is 3.64. The Morgan fingerprint density at radius 1 is 1.29 bits per heavy atom. The van der Waals surface area contributed by atoms with Crippen LogP contribution in [0.5, 0.6) is 0 Å². The maximum Gasteiger partial charge on any atom is 0.291 e. The summed E-state index contributed by atoms with van der Waals surface area (Å²) in [6.45, 7) is 10.0. The molecule has 4 heteroatoms. The first-order valence-corrected chi connectivity index (χ1v) is 8.37. The van der Waals surface area contributed by atoms with Gasteiger partial charge < -0.3 is 14.8 Å². The van der Waals surface area contributed by atoms with Gasteiger partial charge in [-0.1, -0.05) is 31.5 Å². The fourth-order valence-corrected chi connectivity index (χ4v) is 3.64. The highest BCUT2D eigenvalue weighted by Gasteiger charge is 2.37. The molecule has 2 N–H and O–H groups in total. The summed E-state index contributed by atoms with van der Waals surface area (Å²) >= 11 is 0. The first kappa shape index (κ1) is 16.8. The summed E-state index contributed by atoms with van der Waals surface area (Å²) in [5, 5.41) is 13.4. The van der Waals surface area contributed by atoms with Crippen LogP contribution in [0.1, 0.15) is 64.9 Å². The first-order chi connectivity index (χ1) is 11.2. The predicted octanol–water partition coefficient (Wildman–Crippen LogP) is 4.46. The van der Waals surface area contributed by atoms with Crippen molar-refractivity contribution < 1.29 is 14.3 Å². The summed E-state index contributed by atoms with van der Waals surface area (Å²) < 4.78 is 5.87. The fraction of sp³-hybridized carbons (Fsp3) is 0.450. The van der Waals surface area contributed by atoms with Gasteiger partial charge in [0.25, 0.3) is 5.91 Å². The van der Waals surface area contributed by atoms with Gasteiger partial charge in [-0.05, 0) is 44.2 Å². The lowest BCUT2D eigenvalue weighted by atomic mass is 9.75. The molecule has 0 saturated carbocycles. The number of hydrogen-bond donors (Lipinski definition) is 2. The van der Waals surface area contributed by atoms with Crippen LogP contribution in [0.3, 0.4) is 0 Å². The second-order valence-corrected chi connectivity index (χ2v) is 7.73. The summed E-state index contributed by atoms with van der Waals surface area (Å²) in [6.07, 6.45) is 0.838. The van der Waals surface area contributed by atoms with Gasteiger partial charge in [0.05, 0.1) is 6.10 Å². The van der Waals surface area contributed by atoms with Crippen molar-refractivity contribution in [2.24, 2.45) is 5.41 Å². The number of anilines is 1. The molecule has 1 atom stereocenters. The molecule has 1 unspecified atom stereocenters. The summed E-state index contributed by atoms with van der Waals surface area (Å²) in [4.78, 5) is 12.7. The van der Waals surface area contributed by atoms with E-state index in [4.69, 9.17) is 4.42 Å². The number of rotatable bonds is 2. The highest BCUT2D eigenvalue weighted by molar-refractivity contribution is 6.04. The normalized spacial score (nSPS) is 19.0. The lowest BCUT2D eigenvalue weighted by Gasteiger charge is -2.31. The molecular formula is C20H25NO3. The van der Waals surface area contributed by atoms with E-state index in [1.165, 1.54) is 0 Å². The molecule has 1 aromatic carbocycles. The average molecular weight is 327 g/mol. The van der Waals surface area contributed by atoms with E-state index in [2.05, 4.69) is 19.2 Å². The largest absolute Gasteiger partial charge is 0.455 e. The molecule has 128 valence electrons. The van der Waals surface area contributed by atoms with E-state index in [1.54, 1.807) is 0 Å². The van der Waals surface area contributed by atoms with Gasteiger partial charge in [0.1, 0.15) is 5.76 Å². The highest BCUT2D eigenvalue weighted by atomic mass is 16.4. The van der Waals surface area contributed by atoms with E-state index in [0.717, 1.165) is 40.1 Å². The Balaban J connectivity index is 1.92. The molecule has 4 nitrogen and oxygen atoms in total. The van der Waals surface area contributed by atoms with Crippen molar-refractivity contribution in [2.75, 3.05) is 5.32 Å². The SMILES string of the molecule is Cc1ccc(NC(=O)c2oc3c(c2C)C(O)CC(C)(C)C3)c(C)c1. The summed E-state index contributed by atoms with van der Waals surface area (Å²) in [7, 11) is 0. The summed E-state index contributed by atoms with van der Waals surface area (Å²) in [5.74, 6) is 0.776. The van der Waals surface area contributed by atoms with Crippen molar-refractivity contribution in [3.63, 3.8) is 0 Å². The zero-order valence-corrected chi connectivity index (χ0v) is 15.0. The molecule has 0 saturated heterocycles. The van der Waals surface area contributed by atoms with Crippen molar-refractivity contribution in [3.8, 4) is 0 Å². The minimum absolute atomic E-state index is 0.0298. The number of aliphatic hydroxyl groups excluding tert-OH is 1. The quantitative estimate of drug-likeness (QED) is 0.856. The van der Waals surface area contributed by atoms with Crippen LogP contribution in [0.15, 0.2) is 22.6 Å². The average Bonchev–Trinajstić information content (AvgIpc) is 2.77. The molecule has 24 heavy (non-hydrogen) atoms. The number of carbonyl (C=O) groups excluding carboxylic acids is 1. The Labute approximate surface area is 142 Å². The molecule has 1 aliphatic carbocycles. The molecule has 0 bridgehead atoms. The number of benzene rings is 1. The maximum atomic E-state index is 12.7. The summed E-state index contributed by atoms with van der Waals surface area (Å²) in [6, 6.07) is 5.90. The van der Waals surface area contributed by atoms with E-state index in [1.807, 2.05) is 39.0 Å². The Kier molecular flexibility index (Phi) is 4.04. The second-order valence-electron chi connectivity index (χ2n) is 7.73. The minimum atomic E-state index is -0.574. The highest BCUT2D eigenvalue weighted by Crippen LogP contribution is 2.44. The lowest BCUT2D eigenvalue weighted by molar-refractivity contribution is 0.0910. The van der Waals surface area contributed by atoms with E-state index in [-0.39, 0.29) is 11.3 Å². The van der Waals surface area contributed by atoms with Gasteiger partial charge in [-0.15, -0.1) is 0 Å². The van der Waals surface area contributed by atoms with Crippen molar-refractivity contribution in [2.45, 2.75) is 53.6 Å². The van der Waals surface area contributed by atoms with Gasteiger partial charge in [-0.2, -0.15) is 0 Å². The number of aliphatic hydroxyl groups is 1. The zero-order valence-electron chi connectivity index (χ0n) is 15.0. The van der Waals surface area contributed by atoms with Gasteiger partial charge in [0.2, 0.25) is 0 Å². The van der Waals surface area contributed by atoms with Crippen LogP contribution in [0, 0.1) is 26.2 Å². The van der Waals surface area contributed by atoms with Gasteiger partial charge in [0, 0.05) is 23.2 Å². The molecule has 0 spiro atoms. The number of carbonyl (C=O) groups is 1. The Bertz CT molecular complexity index is 801. The van der Waals surface area contributed by atoms with Crippen LogP contribution in [-0.4, -0.2) is 11.0 Å². The van der Waals surface area contributed by atoms with Crippen molar-refractivity contribution in [1.82, 2.24) is 0 Å². The smallest absolute Gasteiger partial charge is 0.291 e. The van der Waals surface area contributed by atoms with E-state index >= 15 is 0 Å². The number of aryl methyl sites for hydroxylation is 2. The maximum absolute atomic E-state index is 12.7. The molecule has 0 radical (unpaired) electrons. The lowest BCUT2D eigenvalue weighted by Crippen LogP contribution is -2.24. The van der Waals surface area contributed by atoms with E-state index < -0.39 is 6.10 Å². The molecule has 1 aliphatic rings. The Morgan fingerprint density at radius 2 is 2.00 bits per heavy atom. The molecule has 0 aliphatic heterocycles. The number of hydrogen-bond acceptors (Lipinski definition) is 3. The number of amides is 1. The van der Waals surface area contributed by atoms with E-state index in [0.29, 0.717) is 12.2 Å². The topological polar surface area (TPSA) is 62.5 Å². The Hall–Kier alpha value is -2.07. The summed E-state index contributed by atoms with van der Waals surface area (Å²) in [5.41, 5.74) is 4.45. The number of nitrogens with one attached hydrogen (secondary N) is 1. The zero-order chi connectivity index (χ0) is 17.6. The van der Waals surface area contributed by atoms with E-state index in [9.17, 15) is 9.90 Å². The van der Waals surface area contributed by atoms with Crippen molar-refractivity contribution >= 4 is 11.6 Å². The van der Waals surface area contributed by atoms with Crippen LogP contribution < -0.4 is 5.32 Å². The third-order valence-electron chi connectivity index (χ3n) is 4.82. The molecule has 0 fully saturated rings. The third kappa shape index (κ3) is 2.98. The monoisotopic (exact) mass is 327 g/mol. The molecule has 3 rings (SSSR count). The van der Waals surface area contributed by atoms with Crippen LogP contribution >= 0.6 is 0 Å². The third-order valence-corrected chi connectivity index (χ3v) is 4.82. The molecule has 2 aromatic rings. The van der Waals surface area contributed by atoms with Gasteiger partial charge in [0.15, 0.2) is 5.76 Å². The molecular weight excluding hydrogens is 302 g/mol. The van der Waals surface area contributed by atoms with Crippen LogP contribution in [0.25, 0.3) is 0 Å². The number of furan rings is 1. The minimum Gasteiger partial charge on any atom is -0.455 e. The molecule has 1 aromatic heterocycles. The molecule has 1 amide bonds. The van der Waals surface area contributed by atoms with Gasteiger partial charge >= 0.3 is 0 Å². The Morgan fingerprint density at radius 3 is 2.67 bits per heavy atom. The van der Waals surface area contributed by atoms with Crippen molar-refractivity contribution in [3.05, 3.63) is 52.0 Å². The van der Waals surface area contributed by atoms with Crippen LogP contribution in [0.2, 0.25) is 0 Å². The predicted molar refractivity (Wildman–Crippen MR) is 94.4 cm³/mol. The standard InChI is InChI=1S/C20H25NO3/c1-11-6-7-14(12(2)8-11)21-19(23)18-13(3)17-15(22)9-20(4,5)10-16(17)24-18/h6-8,15,22H,9-10H2,1-5H3,(H,21,23). The van der Waals surface area contributed by atoms with Crippen LogP contribution in [-0.2, 0) is 6.42 Å². The van der Waals surface area contributed by atoms with Gasteiger partial charge in [-0.25, -0.2) is 0 Å². The second kappa shape index (κ2) is 5.78. The van der Waals surface area contributed by atoms with Gasteiger partial charge in [-0.3, -0.25) is 4.79 Å². The first-order valence-electron chi connectivity index (χ1n) is 8.37. The van der Waals surface area contributed by atoms with Crippen molar-refractivity contribution in [1.29, 1.82) is 0 Å². The molecule has 1 heterocycles. The number of fused-ring (bicyclic) bond motifs is 1. The van der Waals surface area contributed by atoms with Crippen LogP contribution in [0.4, 0.5) is 5.69 Å².